The van der Waals surface area contributed by atoms with E-state index in [-0.39, 0.29) is 10.8 Å². The molecule has 8 aliphatic carbocycles. The summed E-state index contributed by atoms with van der Waals surface area (Å²) in [5.41, 5.74) is 2.62. The number of aromatic hydroxyl groups is 2. The van der Waals surface area contributed by atoms with E-state index in [0.29, 0.717) is 11.5 Å². The number of rotatable bonds is 2. The van der Waals surface area contributed by atoms with Crippen LogP contribution in [0.2, 0.25) is 0 Å². The van der Waals surface area contributed by atoms with Gasteiger partial charge >= 0.3 is 0 Å². The molecular weight excluding hydrogens is 392 g/mol. The summed E-state index contributed by atoms with van der Waals surface area (Å²) in [5, 5.41) is 25.4. The first-order valence-corrected chi connectivity index (χ1v) is 13.5. The van der Waals surface area contributed by atoms with E-state index in [4.69, 9.17) is 0 Å². The maximum Gasteiger partial charge on any atom is 0.130 e. The predicted octanol–water partition coefficient (Wildman–Crippen LogP) is 7.19. The molecule has 0 atom stereocenters. The lowest BCUT2D eigenvalue weighted by Crippen LogP contribution is -2.48. The average Bonchev–Trinajstić information content (AvgIpc) is 2.71. The van der Waals surface area contributed by atoms with Gasteiger partial charge < -0.3 is 10.2 Å². The summed E-state index contributed by atoms with van der Waals surface area (Å²) in [6.45, 7) is 0. The standard InChI is InChI=1S/C30H36O2/c31-26-10-24-23(28(32)27(26)30-14-20-7-21(15-30)9-22(8-20)16-30)2-1-3-25(24)29-11-17-4-18(12-29)6-19(5-17)13-29/h1-3,10,17-22,31-32H,4-9,11-16H2. The molecule has 10 rings (SSSR count). The second kappa shape index (κ2) is 6.05. The topological polar surface area (TPSA) is 40.5 Å². The molecule has 0 aromatic heterocycles. The van der Waals surface area contributed by atoms with Crippen molar-refractivity contribution in [1.82, 2.24) is 0 Å². The summed E-state index contributed by atoms with van der Waals surface area (Å²) in [4.78, 5) is 0. The maximum atomic E-state index is 11.7. The van der Waals surface area contributed by atoms with Gasteiger partial charge in [-0.2, -0.15) is 0 Å². The summed E-state index contributed by atoms with van der Waals surface area (Å²) in [7, 11) is 0. The molecule has 8 fully saturated rings. The van der Waals surface area contributed by atoms with Gasteiger partial charge in [-0.25, -0.2) is 0 Å². The zero-order valence-corrected chi connectivity index (χ0v) is 19.2. The second-order valence-corrected chi connectivity index (χ2v) is 13.4. The van der Waals surface area contributed by atoms with Gasteiger partial charge in [-0.1, -0.05) is 18.2 Å². The monoisotopic (exact) mass is 428 g/mol. The molecule has 2 heteroatoms. The van der Waals surface area contributed by atoms with Crippen molar-refractivity contribution in [1.29, 1.82) is 0 Å². The fourth-order valence-electron chi connectivity index (χ4n) is 11.2. The van der Waals surface area contributed by atoms with E-state index in [1.165, 1.54) is 82.6 Å². The first-order chi connectivity index (χ1) is 15.5. The van der Waals surface area contributed by atoms with Crippen LogP contribution in [-0.4, -0.2) is 10.2 Å². The van der Waals surface area contributed by atoms with Crippen molar-refractivity contribution in [3.05, 3.63) is 35.4 Å². The van der Waals surface area contributed by atoms with Crippen LogP contribution in [0.5, 0.6) is 11.5 Å². The van der Waals surface area contributed by atoms with Crippen molar-refractivity contribution >= 4 is 10.8 Å². The predicted molar refractivity (Wildman–Crippen MR) is 127 cm³/mol. The SMILES string of the molecule is Oc1cc2c(C34CC5CC(CC(C5)C3)C4)cccc2c(O)c1C12CC3CC(CC(C3)C1)C2. The van der Waals surface area contributed by atoms with Crippen LogP contribution in [0.4, 0.5) is 0 Å². The summed E-state index contributed by atoms with van der Waals surface area (Å²) in [6.07, 6.45) is 15.9. The lowest BCUT2D eigenvalue weighted by Gasteiger charge is -2.57. The van der Waals surface area contributed by atoms with E-state index in [9.17, 15) is 10.2 Å². The molecule has 8 bridgehead atoms. The van der Waals surface area contributed by atoms with Crippen molar-refractivity contribution in [3.8, 4) is 11.5 Å². The van der Waals surface area contributed by atoms with E-state index < -0.39 is 0 Å². The quantitative estimate of drug-likeness (QED) is 0.531. The Kier molecular flexibility index (Phi) is 3.53. The molecule has 32 heavy (non-hydrogen) atoms. The Hall–Kier alpha value is -1.70. The van der Waals surface area contributed by atoms with Crippen LogP contribution in [0.3, 0.4) is 0 Å². The number of fused-ring (bicyclic) bond motifs is 1. The molecule has 0 amide bonds. The van der Waals surface area contributed by atoms with Crippen LogP contribution in [0.1, 0.15) is 88.2 Å². The third kappa shape index (κ3) is 2.37. The summed E-state index contributed by atoms with van der Waals surface area (Å²) < 4.78 is 0. The van der Waals surface area contributed by atoms with Crippen LogP contribution in [0.15, 0.2) is 24.3 Å². The smallest absolute Gasteiger partial charge is 0.130 e. The Morgan fingerprint density at radius 3 is 1.56 bits per heavy atom. The van der Waals surface area contributed by atoms with E-state index in [0.717, 1.165) is 51.8 Å². The van der Waals surface area contributed by atoms with Gasteiger partial charge in [0.1, 0.15) is 11.5 Å². The second-order valence-electron chi connectivity index (χ2n) is 13.4. The lowest BCUT2D eigenvalue weighted by molar-refractivity contribution is -0.00703. The molecule has 8 saturated carbocycles. The molecule has 0 heterocycles. The van der Waals surface area contributed by atoms with Gasteiger partial charge in [-0.3, -0.25) is 0 Å². The molecular formula is C30H36O2. The number of hydrogen-bond donors (Lipinski definition) is 2. The number of phenols is 2. The normalized spacial score (nSPS) is 45.8. The van der Waals surface area contributed by atoms with Gasteiger partial charge in [0.2, 0.25) is 0 Å². The molecule has 2 N–H and O–H groups in total. The van der Waals surface area contributed by atoms with E-state index in [1.54, 1.807) is 0 Å². The van der Waals surface area contributed by atoms with Crippen molar-refractivity contribution in [2.45, 2.75) is 87.9 Å². The minimum Gasteiger partial charge on any atom is -0.507 e. The third-order valence-corrected chi connectivity index (χ3v) is 11.3. The number of benzene rings is 2. The molecule has 0 saturated heterocycles. The van der Waals surface area contributed by atoms with Crippen LogP contribution in [-0.2, 0) is 10.8 Å². The molecule has 0 aliphatic heterocycles. The van der Waals surface area contributed by atoms with E-state index in [1.807, 2.05) is 0 Å². The van der Waals surface area contributed by atoms with Crippen LogP contribution >= 0.6 is 0 Å². The lowest BCUT2D eigenvalue weighted by atomic mass is 9.47. The number of hydrogen-bond acceptors (Lipinski definition) is 2. The first-order valence-electron chi connectivity index (χ1n) is 13.5. The van der Waals surface area contributed by atoms with Crippen LogP contribution in [0, 0.1) is 35.5 Å². The molecule has 8 aliphatic rings. The highest BCUT2D eigenvalue weighted by Gasteiger charge is 2.54. The minimum absolute atomic E-state index is 0.00774. The Bertz CT molecular complexity index is 1060. The highest BCUT2D eigenvalue weighted by molar-refractivity contribution is 5.95. The largest absolute Gasteiger partial charge is 0.507 e. The zero-order chi connectivity index (χ0) is 21.2. The van der Waals surface area contributed by atoms with Gasteiger partial charge in [0.05, 0.1) is 0 Å². The fraction of sp³-hybridized carbons (Fsp3) is 0.667. The van der Waals surface area contributed by atoms with Crippen LogP contribution < -0.4 is 0 Å². The summed E-state index contributed by atoms with van der Waals surface area (Å²) in [5.74, 6) is 5.87. The molecule has 2 nitrogen and oxygen atoms in total. The molecule has 2 aromatic rings. The van der Waals surface area contributed by atoms with Crippen molar-refractivity contribution in [2.24, 2.45) is 35.5 Å². The number of phenolic OH excluding ortho intramolecular Hbond substituents is 2. The van der Waals surface area contributed by atoms with Gasteiger partial charge in [0, 0.05) is 16.4 Å². The van der Waals surface area contributed by atoms with E-state index in [2.05, 4.69) is 24.3 Å². The average molecular weight is 429 g/mol. The molecule has 0 spiro atoms. The highest BCUT2D eigenvalue weighted by Crippen LogP contribution is 2.65. The Balaban J connectivity index is 1.30. The highest BCUT2D eigenvalue weighted by atomic mass is 16.3. The fourth-order valence-corrected chi connectivity index (χ4v) is 11.2. The van der Waals surface area contributed by atoms with Gasteiger partial charge in [-0.15, -0.1) is 0 Å². The summed E-state index contributed by atoms with van der Waals surface area (Å²) in [6, 6.07) is 8.73. The minimum atomic E-state index is 0.00774. The van der Waals surface area contributed by atoms with Gasteiger partial charge in [0.15, 0.2) is 0 Å². The third-order valence-electron chi connectivity index (χ3n) is 11.3. The van der Waals surface area contributed by atoms with Crippen molar-refractivity contribution < 1.29 is 10.2 Å². The van der Waals surface area contributed by atoms with Crippen LogP contribution in [0.25, 0.3) is 10.8 Å². The molecule has 0 radical (unpaired) electrons. The first kappa shape index (κ1) is 18.7. The Labute approximate surface area is 191 Å². The van der Waals surface area contributed by atoms with Gasteiger partial charge in [0.25, 0.3) is 0 Å². The van der Waals surface area contributed by atoms with Crippen molar-refractivity contribution in [3.63, 3.8) is 0 Å². The Morgan fingerprint density at radius 2 is 1.06 bits per heavy atom. The maximum absolute atomic E-state index is 11.7. The molecule has 168 valence electrons. The van der Waals surface area contributed by atoms with Gasteiger partial charge in [-0.05, 0) is 135 Å². The Morgan fingerprint density at radius 1 is 0.594 bits per heavy atom. The zero-order valence-electron chi connectivity index (χ0n) is 19.2. The molecule has 2 aromatic carbocycles. The van der Waals surface area contributed by atoms with Crippen molar-refractivity contribution in [2.75, 3.05) is 0 Å². The van der Waals surface area contributed by atoms with E-state index >= 15 is 0 Å². The summed E-state index contributed by atoms with van der Waals surface area (Å²) >= 11 is 0. The molecule has 0 unspecified atom stereocenters.